The molecule has 84 valence electrons. The normalized spacial score (nSPS) is 20.8. The lowest BCUT2D eigenvalue weighted by Gasteiger charge is -2.19. The van der Waals surface area contributed by atoms with Crippen LogP contribution in [-0.4, -0.2) is 19.3 Å². The van der Waals surface area contributed by atoms with E-state index in [2.05, 4.69) is 10.6 Å². The third kappa shape index (κ3) is 3.30. The Bertz CT molecular complexity index is 307. The Morgan fingerprint density at radius 2 is 2.20 bits per heavy atom. The number of amides is 2. The first-order valence-electron chi connectivity index (χ1n) is 4.37. The fourth-order valence-corrected chi connectivity index (χ4v) is 1.19. The molecule has 1 aliphatic carbocycles. The summed E-state index contributed by atoms with van der Waals surface area (Å²) in [5.41, 5.74) is 0.169. The fraction of sp³-hybridized carbons (Fsp3) is 0.444. The van der Waals surface area contributed by atoms with E-state index in [1.807, 2.05) is 0 Å². The zero-order valence-electron chi connectivity index (χ0n) is 8.06. The molecule has 15 heavy (non-hydrogen) atoms. The molecule has 0 saturated carbocycles. The zero-order valence-corrected chi connectivity index (χ0v) is 8.06. The lowest BCUT2D eigenvalue weighted by molar-refractivity contribution is -0.160. The summed E-state index contributed by atoms with van der Waals surface area (Å²) < 4.78 is 37.0. The van der Waals surface area contributed by atoms with E-state index in [9.17, 15) is 18.0 Å². The Balaban J connectivity index is 2.69. The summed E-state index contributed by atoms with van der Waals surface area (Å²) in [4.78, 5) is 10.9. The quantitative estimate of drug-likeness (QED) is 0.696. The number of allylic oxidation sites excluding steroid dienone is 3. The fourth-order valence-electron chi connectivity index (χ4n) is 1.19. The Hall–Kier alpha value is -1.46. The Labute approximate surface area is 85.0 Å². The minimum absolute atomic E-state index is 0.0809. The van der Waals surface area contributed by atoms with Crippen LogP contribution in [0.1, 0.15) is 6.42 Å². The second-order valence-corrected chi connectivity index (χ2v) is 3.11. The van der Waals surface area contributed by atoms with Gasteiger partial charge in [0.25, 0.3) is 0 Å². The number of carbonyl (C=O) groups excluding carboxylic acids is 1. The first-order chi connectivity index (χ1) is 6.93. The molecule has 0 saturated heterocycles. The van der Waals surface area contributed by atoms with Gasteiger partial charge in [-0.3, -0.25) is 0 Å². The van der Waals surface area contributed by atoms with Crippen LogP contribution in [0.5, 0.6) is 0 Å². The van der Waals surface area contributed by atoms with Crippen LogP contribution in [-0.2, 0) is 0 Å². The standard InChI is InChI=1S/C9H11F3N2O/c1-13-8(15)14-7-4-2-3-6(5-7)9(10,11)12/h2,4-6H,3H2,1H3,(H2,13,14,15). The van der Waals surface area contributed by atoms with Gasteiger partial charge in [0.05, 0.1) is 5.92 Å². The van der Waals surface area contributed by atoms with Crippen LogP contribution in [0, 0.1) is 5.92 Å². The predicted octanol–water partition coefficient (Wildman–Crippen LogP) is 1.94. The van der Waals surface area contributed by atoms with E-state index in [1.54, 1.807) is 0 Å². The summed E-state index contributed by atoms with van der Waals surface area (Å²) in [6, 6.07) is -0.534. The van der Waals surface area contributed by atoms with Crippen LogP contribution in [0.15, 0.2) is 23.9 Å². The Kier molecular flexibility index (Phi) is 3.39. The molecule has 0 fully saturated rings. The van der Waals surface area contributed by atoms with E-state index in [1.165, 1.54) is 19.2 Å². The topological polar surface area (TPSA) is 41.1 Å². The van der Waals surface area contributed by atoms with Crippen LogP contribution in [0.3, 0.4) is 0 Å². The lowest BCUT2D eigenvalue weighted by atomic mass is 9.99. The molecule has 1 atom stereocenters. The van der Waals surface area contributed by atoms with Crippen molar-refractivity contribution in [1.82, 2.24) is 10.6 Å². The molecule has 6 heteroatoms. The predicted molar refractivity (Wildman–Crippen MR) is 49.0 cm³/mol. The number of nitrogens with one attached hydrogen (secondary N) is 2. The van der Waals surface area contributed by atoms with Gasteiger partial charge in [-0.25, -0.2) is 4.79 Å². The third-order valence-corrected chi connectivity index (χ3v) is 1.97. The summed E-state index contributed by atoms with van der Waals surface area (Å²) >= 11 is 0. The van der Waals surface area contributed by atoms with Gasteiger partial charge in [0.2, 0.25) is 0 Å². The van der Waals surface area contributed by atoms with Gasteiger partial charge in [-0.05, 0) is 18.6 Å². The highest BCUT2D eigenvalue weighted by Crippen LogP contribution is 2.32. The lowest BCUT2D eigenvalue weighted by Crippen LogP contribution is -2.33. The average molecular weight is 220 g/mol. The van der Waals surface area contributed by atoms with Crippen LogP contribution in [0.2, 0.25) is 0 Å². The molecule has 3 nitrogen and oxygen atoms in total. The van der Waals surface area contributed by atoms with Crippen molar-refractivity contribution in [3.63, 3.8) is 0 Å². The second-order valence-electron chi connectivity index (χ2n) is 3.11. The smallest absolute Gasteiger partial charge is 0.341 e. The highest BCUT2D eigenvalue weighted by atomic mass is 19.4. The summed E-state index contributed by atoms with van der Waals surface area (Å²) in [7, 11) is 1.39. The molecule has 0 bridgehead atoms. The molecular formula is C9H11F3N2O. The molecule has 2 N–H and O–H groups in total. The maximum Gasteiger partial charge on any atom is 0.395 e. The van der Waals surface area contributed by atoms with E-state index in [0.29, 0.717) is 0 Å². The number of halogens is 3. The molecule has 1 rings (SSSR count). The summed E-state index contributed by atoms with van der Waals surface area (Å²) in [6.07, 6.45) is -0.487. The van der Waals surface area contributed by atoms with E-state index >= 15 is 0 Å². The highest BCUT2D eigenvalue weighted by Gasteiger charge is 2.38. The number of carbonyl (C=O) groups is 1. The Morgan fingerprint density at radius 3 is 2.73 bits per heavy atom. The van der Waals surface area contributed by atoms with Gasteiger partial charge >= 0.3 is 12.2 Å². The van der Waals surface area contributed by atoms with Gasteiger partial charge in [0.15, 0.2) is 0 Å². The van der Waals surface area contributed by atoms with E-state index in [0.717, 1.165) is 6.08 Å². The SMILES string of the molecule is CNC(=O)NC1=CC(C(F)(F)F)CC=C1. The van der Waals surface area contributed by atoms with Crippen LogP contribution >= 0.6 is 0 Å². The third-order valence-electron chi connectivity index (χ3n) is 1.97. The summed E-state index contributed by atoms with van der Waals surface area (Å²) in [5.74, 6) is -1.52. The molecule has 2 amide bonds. The van der Waals surface area contributed by atoms with E-state index in [-0.39, 0.29) is 12.1 Å². The molecular weight excluding hydrogens is 209 g/mol. The second kappa shape index (κ2) is 4.37. The largest absolute Gasteiger partial charge is 0.395 e. The summed E-state index contributed by atoms with van der Waals surface area (Å²) in [5, 5.41) is 4.55. The number of hydrogen-bond acceptors (Lipinski definition) is 1. The molecule has 0 aromatic rings. The van der Waals surface area contributed by atoms with Crippen molar-refractivity contribution >= 4 is 6.03 Å². The van der Waals surface area contributed by atoms with Crippen LogP contribution < -0.4 is 10.6 Å². The minimum Gasteiger partial charge on any atom is -0.341 e. The molecule has 1 unspecified atom stereocenters. The molecule has 0 heterocycles. The molecule has 0 aromatic carbocycles. The highest BCUT2D eigenvalue weighted by molar-refractivity contribution is 5.76. The zero-order chi connectivity index (χ0) is 11.5. The van der Waals surface area contributed by atoms with Gasteiger partial charge in [0.1, 0.15) is 0 Å². The van der Waals surface area contributed by atoms with Crippen molar-refractivity contribution in [2.45, 2.75) is 12.6 Å². The van der Waals surface area contributed by atoms with Gasteiger partial charge in [-0.2, -0.15) is 13.2 Å². The maximum atomic E-state index is 12.3. The number of rotatable bonds is 1. The monoisotopic (exact) mass is 220 g/mol. The van der Waals surface area contributed by atoms with Gasteiger partial charge in [-0.1, -0.05) is 6.08 Å². The van der Waals surface area contributed by atoms with E-state index in [4.69, 9.17) is 0 Å². The molecule has 0 aliphatic heterocycles. The number of urea groups is 1. The van der Waals surface area contributed by atoms with Crippen LogP contribution in [0.4, 0.5) is 18.0 Å². The Morgan fingerprint density at radius 1 is 1.53 bits per heavy atom. The maximum absolute atomic E-state index is 12.3. The molecule has 1 aliphatic rings. The molecule has 0 radical (unpaired) electrons. The van der Waals surface area contributed by atoms with Gasteiger partial charge in [-0.15, -0.1) is 0 Å². The number of alkyl halides is 3. The van der Waals surface area contributed by atoms with Crippen molar-refractivity contribution in [3.8, 4) is 0 Å². The number of hydrogen-bond donors (Lipinski definition) is 2. The van der Waals surface area contributed by atoms with Crippen molar-refractivity contribution in [2.75, 3.05) is 7.05 Å². The first-order valence-corrected chi connectivity index (χ1v) is 4.37. The molecule has 0 spiro atoms. The van der Waals surface area contributed by atoms with Gasteiger partial charge in [0, 0.05) is 12.7 Å². The van der Waals surface area contributed by atoms with Gasteiger partial charge < -0.3 is 10.6 Å². The first kappa shape index (κ1) is 11.6. The van der Waals surface area contributed by atoms with Crippen LogP contribution in [0.25, 0.3) is 0 Å². The average Bonchev–Trinajstić information content (AvgIpc) is 2.17. The van der Waals surface area contributed by atoms with Crippen molar-refractivity contribution in [3.05, 3.63) is 23.9 Å². The van der Waals surface area contributed by atoms with Crippen molar-refractivity contribution in [2.24, 2.45) is 5.92 Å². The minimum atomic E-state index is -4.26. The van der Waals surface area contributed by atoms with Crippen molar-refractivity contribution in [1.29, 1.82) is 0 Å². The van der Waals surface area contributed by atoms with E-state index < -0.39 is 18.1 Å². The van der Waals surface area contributed by atoms with Crippen molar-refractivity contribution < 1.29 is 18.0 Å². The summed E-state index contributed by atoms with van der Waals surface area (Å²) in [6.45, 7) is 0. The molecule has 0 aromatic heterocycles.